The number of hydrogen-bond acceptors (Lipinski definition) is 2. The Kier molecular flexibility index (Phi) is 2.63. The van der Waals surface area contributed by atoms with Crippen LogP contribution in [0, 0.1) is 0 Å². The summed E-state index contributed by atoms with van der Waals surface area (Å²) >= 11 is 0. The van der Waals surface area contributed by atoms with Gasteiger partial charge in [-0.3, -0.25) is 4.79 Å². The largest absolute Gasteiger partial charge is 0.481 e. The average molecular weight is 242 g/mol. The van der Waals surface area contributed by atoms with E-state index >= 15 is 0 Å². The number of nitrogens with one attached hydrogen (secondary N) is 1. The monoisotopic (exact) mass is 242 g/mol. The number of carboxylic acids is 1. The van der Waals surface area contributed by atoms with Gasteiger partial charge >= 0.3 is 5.97 Å². The first kappa shape index (κ1) is 11.0. The number of hydrogen-bond donors (Lipinski definition) is 2. The molecule has 2 N–H and O–H groups in total. The minimum Gasteiger partial charge on any atom is -0.481 e. The van der Waals surface area contributed by atoms with E-state index in [1.54, 1.807) is 0 Å². The van der Waals surface area contributed by atoms with Gasteiger partial charge in [0.05, 0.1) is 5.69 Å². The van der Waals surface area contributed by atoms with Crippen LogP contribution in [0.3, 0.4) is 0 Å². The lowest BCUT2D eigenvalue weighted by atomic mass is 9.90. The van der Waals surface area contributed by atoms with Crippen molar-refractivity contribution in [1.82, 2.24) is 9.97 Å². The predicted octanol–water partition coefficient (Wildman–Crippen LogP) is 2.58. The lowest BCUT2D eigenvalue weighted by Gasteiger charge is -2.16. The van der Waals surface area contributed by atoms with E-state index in [0.29, 0.717) is 12.1 Å². The van der Waals surface area contributed by atoms with Crippen LogP contribution in [0.15, 0.2) is 30.3 Å². The molecule has 4 nitrogen and oxygen atoms in total. The fourth-order valence-electron chi connectivity index (χ4n) is 2.49. The van der Waals surface area contributed by atoms with Crippen LogP contribution in [0.2, 0.25) is 0 Å². The van der Waals surface area contributed by atoms with E-state index in [0.717, 1.165) is 29.9 Å². The van der Waals surface area contributed by atoms with Gasteiger partial charge in [0.1, 0.15) is 11.7 Å². The quantitative estimate of drug-likeness (QED) is 0.850. The summed E-state index contributed by atoms with van der Waals surface area (Å²) in [4.78, 5) is 19.0. The van der Waals surface area contributed by atoms with Crippen LogP contribution in [0.25, 0.3) is 11.4 Å². The van der Waals surface area contributed by atoms with Gasteiger partial charge in [0, 0.05) is 11.3 Å². The van der Waals surface area contributed by atoms with E-state index in [9.17, 15) is 9.90 Å². The predicted molar refractivity (Wildman–Crippen MR) is 67.3 cm³/mol. The second-order valence-electron chi connectivity index (χ2n) is 4.60. The van der Waals surface area contributed by atoms with Crippen molar-refractivity contribution < 1.29 is 9.90 Å². The molecule has 0 bridgehead atoms. The molecule has 1 aliphatic rings. The number of aryl methyl sites for hydroxylation is 1. The second kappa shape index (κ2) is 4.29. The fraction of sp³-hybridized carbons (Fsp3) is 0.286. The Bertz CT molecular complexity index is 575. The average Bonchev–Trinajstić information content (AvgIpc) is 2.83. The SMILES string of the molecule is O=C(O)C1CCCc2[nH]c(-c3ccccc3)nc21. The molecular formula is C14H14N2O2. The minimum atomic E-state index is -0.776. The van der Waals surface area contributed by atoms with Gasteiger partial charge in [0.15, 0.2) is 0 Å². The van der Waals surface area contributed by atoms with Crippen molar-refractivity contribution in [3.8, 4) is 11.4 Å². The molecule has 18 heavy (non-hydrogen) atoms. The molecule has 2 aromatic rings. The van der Waals surface area contributed by atoms with Gasteiger partial charge in [-0.25, -0.2) is 4.98 Å². The highest BCUT2D eigenvalue weighted by Crippen LogP contribution is 2.32. The molecule has 0 radical (unpaired) electrons. The molecule has 0 fully saturated rings. The molecule has 0 saturated carbocycles. The standard InChI is InChI=1S/C14H14N2O2/c17-14(18)10-7-4-8-11-12(10)16-13(15-11)9-5-2-1-3-6-9/h1-3,5-6,10H,4,7-8H2,(H,15,16)(H,17,18). The van der Waals surface area contributed by atoms with Crippen molar-refractivity contribution >= 4 is 5.97 Å². The Hall–Kier alpha value is -2.10. The Morgan fingerprint density at radius 2 is 2.11 bits per heavy atom. The van der Waals surface area contributed by atoms with Crippen LogP contribution in [-0.4, -0.2) is 21.0 Å². The van der Waals surface area contributed by atoms with Crippen LogP contribution in [0.4, 0.5) is 0 Å². The number of imidazole rings is 1. The maximum Gasteiger partial charge on any atom is 0.312 e. The van der Waals surface area contributed by atoms with E-state index in [1.165, 1.54) is 0 Å². The zero-order valence-corrected chi connectivity index (χ0v) is 9.89. The Labute approximate surface area is 105 Å². The molecular weight excluding hydrogens is 228 g/mol. The lowest BCUT2D eigenvalue weighted by molar-refractivity contribution is -0.139. The molecule has 92 valence electrons. The third kappa shape index (κ3) is 1.79. The summed E-state index contributed by atoms with van der Waals surface area (Å²) in [7, 11) is 0. The van der Waals surface area contributed by atoms with Crippen molar-refractivity contribution in [2.75, 3.05) is 0 Å². The van der Waals surface area contributed by atoms with E-state index in [-0.39, 0.29) is 0 Å². The van der Waals surface area contributed by atoms with Crippen LogP contribution >= 0.6 is 0 Å². The number of rotatable bonds is 2. The van der Waals surface area contributed by atoms with E-state index in [4.69, 9.17) is 0 Å². The van der Waals surface area contributed by atoms with Crippen molar-refractivity contribution in [1.29, 1.82) is 0 Å². The number of carboxylic acid groups (broad SMARTS) is 1. The Balaban J connectivity index is 2.04. The van der Waals surface area contributed by atoms with Gasteiger partial charge in [-0.1, -0.05) is 30.3 Å². The molecule has 0 amide bonds. The molecule has 0 aliphatic heterocycles. The number of nitrogens with zero attached hydrogens (tertiary/aromatic N) is 1. The number of aromatic nitrogens is 2. The number of aliphatic carboxylic acids is 1. The van der Waals surface area contributed by atoms with Gasteiger partial charge in [-0.15, -0.1) is 0 Å². The summed E-state index contributed by atoms with van der Waals surface area (Å²) < 4.78 is 0. The first-order chi connectivity index (χ1) is 8.75. The maximum absolute atomic E-state index is 11.2. The van der Waals surface area contributed by atoms with Gasteiger partial charge in [-0.05, 0) is 19.3 Å². The van der Waals surface area contributed by atoms with E-state index < -0.39 is 11.9 Å². The fourth-order valence-corrected chi connectivity index (χ4v) is 2.49. The summed E-state index contributed by atoms with van der Waals surface area (Å²) in [5, 5.41) is 9.21. The second-order valence-corrected chi connectivity index (χ2v) is 4.60. The highest BCUT2D eigenvalue weighted by Gasteiger charge is 2.29. The molecule has 1 unspecified atom stereocenters. The molecule has 1 aromatic carbocycles. The molecule has 0 spiro atoms. The van der Waals surface area contributed by atoms with Crippen molar-refractivity contribution in [2.24, 2.45) is 0 Å². The van der Waals surface area contributed by atoms with Crippen molar-refractivity contribution in [3.05, 3.63) is 41.7 Å². The lowest BCUT2D eigenvalue weighted by Crippen LogP contribution is -2.17. The van der Waals surface area contributed by atoms with Gasteiger partial charge < -0.3 is 10.1 Å². The highest BCUT2D eigenvalue weighted by molar-refractivity contribution is 5.76. The van der Waals surface area contributed by atoms with Gasteiger partial charge in [0.2, 0.25) is 0 Å². The third-order valence-corrected chi connectivity index (χ3v) is 3.41. The van der Waals surface area contributed by atoms with Crippen molar-refractivity contribution in [2.45, 2.75) is 25.2 Å². The molecule has 1 aromatic heterocycles. The van der Waals surface area contributed by atoms with Gasteiger partial charge in [0.25, 0.3) is 0 Å². The first-order valence-electron chi connectivity index (χ1n) is 6.12. The van der Waals surface area contributed by atoms with Crippen LogP contribution in [-0.2, 0) is 11.2 Å². The van der Waals surface area contributed by atoms with Crippen molar-refractivity contribution in [3.63, 3.8) is 0 Å². The third-order valence-electron chi connectivity index (χ3n) is 3.41. The van der Waals surface area contributed by atoms with E-state index in [2.05, 4.69) is 9.97 Å². The highest BCUT2D eigenvalue weighted by atomic mass is 16.4. The summed E-state index contributed by atoms with van der Waals surface area (Å²) in [6.07, 6.45) is 2.47. The Morgan fingerprint density at radius 1 is 1.33 bits per heavy atom. The summed E-state index contributed by atoms with van der Waals surface area (Å²) in [6.45, 7) is 0. The number of fused-ring (bicyclic) bond motifs is 1. The summed E-state index contributed by atoms with van der Waals surface area (Å²) in [6, 6.07) is 9.80. The molecule has 3 rings (SSSR count). The topological polar surface area (TPSA) is 66.0 Å². The zero-order valence-electron chi connectivity index (χ0n) is 9.89. The number of benzene rings is 1. The van der Waals surface area contributed by atoms with Crippen LogP contribution in [0.5, 0.6) is 0 Å². The maximum atomic E-state index is 11.2. The van der Waals surface area contributed by atoms with Gasteiger partial charge in [-0.2, -0.15) is 0 Å². The van der Waals surface area contributed by atoms with Crippen LogP contribution < -0.4 is 0 Å². The molecule has 4 heteroatoms. The number of H-pyrrole nitrogens is 1. The zero-order chi connectivity index (χ0) is 12.5. The molecule has 0 saturated heterocycles. The summed E-state index contributed by atoms with van der Waals surface area (Å²) in [5.41, 5.74) is 2.69. The molecule has 1 heterocycles. The number of aromatic amines is 1. The summed E-state index contributed by atoms with van der Waals surface area (Å²) in [5.74, 6) is -0.460. The number of carbonyl (C=O) groups is 1. The smallest absolute Gasteiger partial charge is 0.312 e. The molecule has 1 atom stereocenters. The molecule has 1 aliphatic carbocycles. The van der Waals surface area contributed by atoms with E-state index in [1.807, 2.05) is 30.3 Å². The Morgan fingerprint density at radius 3 is 2.83 bits per heavy atom. The normalized spacial score (nSPS) is 18.3. The first-order valence-corrected chi connectivity index (χ1v) is 6.12. The van der Waals surface area contributed by atoms with Crippen LogP contribution in [0.1, 0.15) is 30.1 Å². The minimum absolute atomic E-state index is 0.456.